The largest absolute Gasteiger partial charge is 0.344 e. The lowest BCUT2D eigenvalue weighted by atomic mass is 9.87. The summed E-state index contributed by atoms with van der Waals surface area (Å²) in [5.41, 5.74) is 7.25. The van der Waals surface area contributed by atoms with Crippen molar-refractivity contribution in [3.05, 3.63) is 94.9 Å². The molecule has 0 radical (unpaired) electrons. The van der Waals surface area contributed by atoms with E-state index in [0.29, 0.717) is 5.92 Å². The number of hydrogen-bond donors (Lipinski definition) is 1. The van der Waals surface area contributed by atoms with Crippen molar-refractivity contribution in [3.8, 4) is 0 Å². The number of nitrogens with zero attached hydrogens (tertiary/aromatic N) is 3. The summed E-state index contributed by atoms with van der Waals surface area (Å²) in [6.07, 6.45) is 7.27. The van der Waals surface area contributed by atoms with Crippen LogP contribution >= 0.6 is 23.1 Å². The SMILES string of the molecule is CC(C)Cc1nc2sc3c(SCC(=O)NC(c4ccccc4)c4ccccc4)ncnc3c2c2c1CCCC2. The van der Waals surface area contributed by atoms with Crippen LogP contribution in [-0.2, 0) is 24.1 Å². The Hall–Kier alpha value is -3.29. The van der Waals surface area contributed by atoms with Gasteiger partial charge in [-0.3, -0.25) is 4.79 Å². The third kappa shape index (κ3) is 5.43. The van der Waals surface area contributed by atoms with Gasteiger partial charge in [0, 0.05) is 11.1 Å². The van der Waals surface area contributed by atoms with Crippen molar-refractivity contribution in [2.45, 2.75) is 57.0 Å². The lowest BCUT2D eigenvalue weighted by Crippen LogP contribution is -2.30. The first-order valence-corrected chi connectivity index (χ1v) is 15.5. The van der Waals surface area contributed by atoms with Crippen molar-refractivity contribution >= 4 is 49.4 Å². The van der Waals surface area contributed by atoms with E-state index in [1.54, 1.807) is 17.7 Å². The molecule has 0 bridgehead atoms. The highest BCUT2D eigenvalue weighted by molar-refractivity contribution is 8.00. The molecule has 1 aliphatic carbocycles. The number of pyridine rings is 1. The van der Waals surface area contributed by atoms with E-state index in [2.05, 4.69) is 48.4 Å². The van der Waals surface area contributed by atoms with Gasteiger partial charge < -0.3 is 5.32 Å². The molecule has 0 spiro atoms. The number of fused-ring (bicyclic) bond motifs is 5. The first kappa shape index (κ1) is 26.0. The molecule has 0 atom stereocenters. The predicted octanol–water partition coefficient (Wildman–Crippen LogP) is 7.31. The van der Waals surface area contributed by atoms with Crippen LogP contribution in [-0.4, -0.2) is 26.6 Å². The van der Waals surface area contributed by atoms with Gasteiger partial charge in [-0.1, -0.05) is 86.3 Å². The average molecular weight is 553 g/mol. The molecular formula is C32H32N4OS2. The van der Waals surface area contributed by atoms with E-state index in [1.807, 2.05) is 36.4 Å². The third-order valence-corrected chi connectivity index (χ3v) is 9.49. The Bertz CT molecular complexity index is 1580. The fraction of sp³-hybridized carbons (Fsp3) is 0.312. The van der Waals surface area contributed by atoms with Gasteiger partial charge in [0.15, 0.2) is 0 Å². The summed E-state index contributed by atoms with van der Waals surface area (Å²) < 4.78 is 1.04. The quantitative estimate of drug-likeness (QED) is 0.161. The molecule has 5 aromatic rings. The fourth-order valence-electron chi connectivity index (χ4n) is 5.56. The second-order valence-electron chi connectivity index (χ2n) is 10.6. The van der Waals surface area contributed by atoms with Crippen molar-refractivity contribution in [2.75, 3.05) is 5.75 Å². The van der Waals surface area contributed by atoms with Gasteiger partial charge >= 0.3 is 0 Å². The molecule has 198 valence electrons. The molecule has 3 heterocycles. The molecule has 0 unspecified atom stereocenters. The van der Waals surface area contributed by atoms with E-state index < -0.39 is 0 Å². The highest BCUT2D eigenvalue weighted by Gasteiger charge is 2.24. The molecule has 0 aliphatic heterocycles. The minimum Gasteiger partial charge on any atom is -0.344 e. The smallest absolute Gasteiger partial charge is 0.231 e. The molecule has 1 N–H and O–H groups in total. The standard InChI is InChI=1S/C32H32N4OS2/c1-20(2)17-25-23-15-9-10-16-24(23)27-29-30(39-31(27)35-25)32(34-19-33-29)38-18-26(37)36-28(21-11-5-3-6-12-21)22-13-7-4-8-14-22/h3-8,11-14,19-20,28H,9-10,15-18H2,1-2H3,(H,36,37). The number of nitrogens with one attached hydrogen (secondary N) is 1. The second-order valence-corrected chi connectivity index (χ2v) is 12.5. The Kier molecular flexibility index (Phi) is 7.62. The number of amides is 1. The summed E-state index contributed by atoms with van der Waals surface area (Å²) in [5, 5.41) is 5.31. The lowest BCUT2D eigenvalue weighted by Gasteiger charge is -2.20. The lowest BCUT2D eigenvalue weighted by molar-refractivity contribution is -0.119. The topological polar surface area (TPSA) is 67.8 Å². The Morgan fingerprint density at radius 3 is 2.28 bits per heavy atom. The maximum atomic E-state index is 13.2. The number of aryl methyl sites for hydroxylation is 1. The second kappa shape index (κ2) is 11.4. The molecule has 5 nitrogen and oxygen atoms in total. The highest BCUT2D eigenvalue weighted by Crippen LogP contribution is 2.41. The predicted molar refractivity (Wildman–Crippen MR) is 161 cm³/mol. The van der Waals surface area contributed by atoms with Crippen LogP contribution in [0.1, 0.15) is 60.7 Å². The number of carbonyl (C=O) groups excluding carboxylic acids is 1. The van der Waals surface area contributed by atoms with Gasteiger partial charge in [0.05, 0.1) is 22.0 Å². The summed E-state index contributed by atoms with van der Waals surface area (Å²) >= 11 is 3.15. The van der Waals surface area contributed by atoms with Crippen molar-refractivity contribution < 1.29 is 4.79 Å². The summed E-state index contributed by atoms with van der Waals surface area (Å²) in [6.45, 7) is 4.52. The van der Waals surface area contributed by atoms with E-state index in [4.69, 9.17) is 9.97 Å². The molecule has 39 heavy (non-hydrogen) atoms. The van der Waals surface area contributed by atoms with Crippen LogP contribution in [0.5, 0.6) is 0 Å². The Balaban J connectivity index is 1.29. The number of carbonyl (C=O) groups is 1. The van der Waals surface area contributed by atoms with Gasteiger partial charge in [-0.05, 0) is 60.3 Å². The number of aromatic nitrogens is 3. The van der Waals surface area contributed by atoms with Gasteiger partial charge in [0.1, 0.15) is 16.2 Å². The molecular weight excluding hydrogens is 521 g/mol. The number of benzene rings is 2. The Labute approximate surface area is 237 Å². The molecule has 3 aromatic heterocycles. The maximum absolute atomic E-state index is 13.2. The van der Waals surface area contributed by atoms with E-state index in [1.165, 1.54) is 46.8 Å². The van der Waals surface area contributed by atoms with Crippen LogP contribution in [0.15, 0.2) is 72.0 Å². The minimum atomic E-state index is -0.203. The highest BCUT2D eigenvalue weighted by atomic mass is 32.2. The van der Waals surface area contributed by atoms with E-state index in [9.17, 15) is 4.79 Å². The first-order valence-electron chi connectivity index (χ1n) is 13.7. The summed E-state index contributed by atoms with van der Waals surface area (Å²) in [5.74, 6) is 0.816. The van der Waals surface area contributed by atoms with Gasteiger partial charge in [-0.15, -0.1) is 11.3 Å². The number of rotatable bonds is 8. The number of thiophene rings is 1. The van der Waals surface area contributed by atoms with Gasteiger partial charge in [0.2, 0.25) is 5.91 Å². The van der Waals surface area contributed by atoms with Crippen LogP contribution in [0.3, 0.4) is 0 Å². The van der Waals surface area contributed by atoms with Gasteiger partial charge in [-0.2, -0.15) is 0 Å². The van der Waals surface area contributed by atoms with Crippen LogP contribution in [0.4, 0.5) is 0 Å². The third-order valence-electron chi connectivity index (χ3n) is 7.29. The Morgan fingerprint density at radius 2 is 1.62 bits per heavy atom. The maximum Gasteiger partial charge on any atom is 0.231 e. The Morgan fingerprint density at radius 1 is 0.949 bits per heavy atom. The zero-order valence-corrected chi connectivity index (χ0v) is 23.9. The molecule has 2 aromatic carbocycles. The average Bonchev–Trinajstić information content (AvgIpc) is 3.35. The van der Waals surface area contributed by atoms with Crippen molar-refractivity contribution in [2.24, 2.45) is 5.92 Å². The van der Waals surface area contributed by atoms with Crippen LogP contribution in [0, 0.1) is 5.92 Å². The number of thioether (sulfide) groups is 1. The van der Waals surface area contributed by atoms with Crippen molar-refractivity contribution in [3.63, 3.8) is 0 Å². The van der Waals surface area contributed by atoms with Crippen LogP contribution in [0.25, 0.3) is 20.4 Å². The zero-order valence-electron chi connectivity index (χ0n) is 22.3. The zero-order chi connectivity index (χ0) is 26.8. The molecule has 6 rings (SSSR count). The van der Waals surface area contributed by atoms with E-state index >= 15 is 0 Å². The fourth-order valence-corrected chi connectivity index (χ4v) is 7.63. The molecule has 0 fully saturated rings. The summed E-state index contributed by atoms with van der Waals surface area (Å²) in [6, 6.07) is 20.0. The van der Waals surface area contributed by atoms with Crippen LogP contribution in [0.2, 0.25) is 0 Å². The van der Waals surface area contributed by atoms with Gasteiger partial charge in [0.25, 0.3) is 0 Å². The molecule has 7 heteroatoms. The van der Waals surface area contributed by atoms with Crippen LogP contribution < -0.4 is 5.32 Å². The summed E-state index contributed by atoms with van der Waals surface area (Å²) in [4.78, 5) is 28.8. The number of hydrogen-bond acceptors (Lipinski definition) is 6. The van der Waals surface area contributed by atoms with Crippen molar-refractivity contribution in [1.29, 1.82) is 0 Å². The monoisotopic (exact) mass is 552 g/mol. The molecule has 1 aliphatic rings. The minimum absolute atomic E-state index is 0.0275. The van der Waals surface area contributed by atoms with Crippen molar-refractivity contribution in [1.82, 2.24) is 20.3 Å². The first-order chi connectivity index (χ1) is 19.1. The summed E-state index contributed by atoms with van der Waals surface area (Å²) in [7, 11) is 0. The molecule has 1 amide bonds. The normalized spacial score (nSPS) is 13.3. The van der Waals surface area contributed by atoms with E-state index in [0.717, 1.165) is 50.5 Å². The van der Waals surface area contributed by atoms with Gasteiger partial charge in [-0.25, -0.2) is 15.0 Å². The van der Waals surface area contributed by atoms with E-state index in [-0.39, 0.29) is 17.7 Å². The molecule has 0 saturated heterocycles. The molecule has 0 saturated carbocycles.